The fourth-order valence-electron chi connectivity index (χ4n) is 2.97. The number of likely N-dealkylation sites (tertiary alicyclic amines) is 1. The van der Waals surface area contributed by atoms with Crippen molar-refractivity contribution < 1.29 is 5.11 Å². The molecule has 0 saturated carbocycles. The Kier molecular flexibility index (Phi) is 5.08. The Morgan fingerprint density at radius 3 is 2.82 bits per heavy atom. The first-order chi connectivity index (χ1) is 10.8. The van der Waals surface area contributed by atoms with Gasteiger partial charge < -0.3 is 15.4 Å². The van der Waals surface area contributed by atoms with Crippen LogP contribution in [0.2, 0.25) is 0 Å². The molecule has 0 radical (unpaired) electrons. The highest BCUT2D eigenvalue weighted by molar-refractivity contribution is 5.51. The molecule has 118 valence electrons. The van der Waals surface area contributed by atoms with E-state index < -0.39 is 0 Å². The van der Waals surface area contributed by atoms with E-state index in [9.17, 15) is 5.11 Å². The average molecular weight is 300 g/mol. The third-order valence-electron chi connectivity index (χ3n) is 4.38. The van der Waals surface area contributed by atoms with Gasteiger partial charge in [0.25, 0.3) is 0 Å². The number of H-pyrrole nitrogens is 1. The normalized spacial score (nSPS) is 16.8. The molecule has 0 amide bonds. The summed E-state index contributed by atoms with van der Waals surface area (Å²) >= 11 is 0. The summed E-state index contributed by atoms with van der Waals surface area (Å²) in [6.07, 6.45) is 5.80. The minimum atomic E-state index is 0.329. The molecule has 5 heteroatoms. The number of aromatic nitrogens is 2. The van der Waals surface area contributed by atoms with Gasteiger partial charge in [-0.2, -0.15) is 0 Å². The number of nitrogens with zero attached hydrogens (tertiary/aromatic N) is 2. The Morgan fingerprint density at radius 1 is 1.27 bits per heavy atom. The van der Waals surface area contributed by atoms with E-state index in [0.717, 1.165) is 38.3 Å². The summed E-state index contributed by atoms with van der Waals surface area (Å²) in [6, 6.07) is 8.46. The zero-order valence-electron chi connectivity index (χ0n) is 12.8. The number of rotatable bonds is 6. The monoisotopic (exact) mass is 300 g/mol. The van der Waals surface area contributed by atoms with Crippen LogP contribution in [-0.4, -0.2) is 39.7 Å². The van der Waals surface area contributed by atoms with E-state index in [2.05, 4.69) is 44.5 Å². The highest BCUT2D eigenvalue weighted by Gasteiger charge is 2.19. The van der Waals surface area contributed by atoms with Gasteiger partial charge in [-0.05, 0) is 43.5 Å². The first kappa shape index (κ1) is 15.1. The van der Waals surface area contributed by atoms with Gasteiger partial charge >= 0.3 is 0 Å². The molecule has 1 aromatic carbocycles. The molecule has 22 heavy (non-hydrogen) atoms. The minimum Gasteiger partial charge on any atom is -0.396 e. The summed E-state index contributed by atoms with van der Waals surface area (Å²) in [5, 5.41) is 12.7. The molecule has 1 aromatic heterocycles. The van der Waals surface area contributed by atoms with Gasteiger partial charge in [0.05, 0.1) is 6.54 Å². The van der Waals surface area contributed by atoms with Crippen LogP contribution in [0.5, 0.6) is 0 Å². The van der Waals surface area contributed by atoms with Crippen LogP contribution >= 0.6 is 0 Å². The number of hydrogen-bond donors (Lipinski definition) is 3. The van der Waals surface area contributed by atoms with Gasteiger partial charge in [0.1, 0.15) is 5.82 Å². The van der Waals surface area contributed by atoms with Crippen LogP contribution in [0.15, 0.2) is 36.7 Å². The van der Waals surface area contributed by atoms with Crippen molar-refractivity contribution in [1.82, 2.24) is 14.9 Å². The quantitative estimate of drug-likeness (QED) is 0.765. The molecule has 2 aromatic rings. The molecular formula is C17H24N4O. The zero-order chi connectivity index (χ0) is 15.2. The number of imidazole rings is 1. The van der Waals surface area contributed by atoms with Gasteiger partial charge in [-0.25, -0.2) is 4.98 Å². The minimum absolute atomic E-state index is 0.329. The molecule has 0 unspecified atom stereocenters. The molecule has 3 rings (SSSR count). The SMILES string of the molecule is OCC1CCN(Cc2ccccc2NCc2ncc[nH]2)CC1. The number of nitrogens with one attached hydrogen (secondary N) is 2. The highest BCUT2D eigenvalue weighted by atomic mass is 16.3. The van der Waals surface area contributed by atoms with E-state index in [4.69, 9.17) is 0 Å². The maximum Gasteiger partial charge on any atom is 0.125 e. The van der Waals surface area contributed by atoms with Crippen molar-refractivity contribution >= 4 is 5.69 Å². The number of para-hydroxylation sites is 1. The Bertz CT molecular complexity index is 562. The summed E-state index contributed by atoms with van der Waals surface area (Å²) in [5.74, 6) is 1.43. The van der Waals surface area contributed by atoms with Crippen molar-refractivity contribution in [3.05, 3.63) is 48.0 Å². The fraction of sp³-hybridized carbons (Fsp3) is 0.471. The molecule has 1 aliphatic heterocycles. The van der Waals surface area contributed by atoms with Crippen molar-refractivity contribution in [1.29, 1.82) is 0 Å². The van der Waals surface area contributed by atoms with Gasteiger partial charge in [0.15, 0.2) is 0 Å². The predicted octanol–water partition coefficient (Wildman–Crippen LogP) is 2.23. The Hall–Kier alpha value is -1.85. The lowest BCUT2D eigenvalue weighted by Gasteiger charge is -2.31. The second-order valence-electron chi connectivity index (χ2n) is 5.95. The van der Waals surface area contributed by atoms with Gasteiger partial charge in [-0.3, -0.25) is 4.90 Å². The number of anilines is 1. The molecule has 3 N–H and O–H groups in total. The average Bonchev–Trinajstić information content (AvgIpc) is 3.08. The predicted molar refractivity (Wildman–Crippen MR) is 87.4 cm³/mol. The first-order valence-corrected chi connectivity index (χ1v) is 7.98. The first-order valence-electron chi connectivity index (χ1n) is 7.98. The maximum absolute atomic E-state index is 9.23. The Balaban J connectivity index is 1.59. The summed E-state index contributed by atoms with van der Waals surface area (Å²) in [6.45, 7) is 4.13. The van der Waals surface area contributed by atoms with Crippen molar-refractivity contribution in [2.24, 2.45) is 5.92 Å². The number of piperidine rings is 1. The lowest BCUT2D eigenvalue weighted by molar-refractivity contribution is 0.127. The van der Waals surface area contributed by atoms with Crippen molar-refractivity contribution in [3.63, 3.8) is 0 Å². The highest BCUT2D eigenvalue weighted by Crippen LogP contribution is 2.22. The second kappa shape index (κ2) is 7.42. The number of aromatic amines is 1. The third kappa shape index (κ3) is 3.87. The number of aliphatic hydroxyl groups excluding tert-OH is 1. The van der Waals surface area contributed by atoms with Crippen LogP contribution in [0.4, 0.5) is 5.69 Å². The van der Waals surface area contributed by atoms with Gasteiger partial charge in [-0.1, -0.05) is 18.2 Å². The second-order valence-corrected chi connectivity index (χ2v) is 5.95. The molecule has 5 nitrogen and oxygen atoms in total. The lowest BCUT2D eigenvalue weighted by Crippen LogP contribution is -2.34. The molecule has 1 saturated heterocycles. The number of hydrogen-bond acceptors (Lipinski definition) is 4. The molecule has 0 bridgehead atoms. The molecule has 0 atom stereocenters. The zero-order valence-corrected chi connectivity index (χ0v) is 12.8. The van der Waals surface area contributed by atoms with Crippen molar-refractivity contribution in [3.8, 4) is 0 Å². The van der Waals surface area contributed by atoms with Crippen LogP contribution in [0.1, 0.15) is 24.2 Å². The smallest absolute Gasteiger partial charge is 0.125 e. The van der Waals surface area contributed by atoms with Crippen LogP contribution in [0, 0.1) is 5.92 Å². The third-order valence-corrected chi connectivity index (χ3v) is 4.38. The van der Waals surface area contributed by atoms with Crippen LogP contribution in [0.25, 0.3) is 0 Å². The van der Waals surface area contributed by atoms with Crippen LogP contribution < -0.4 is 5.32 Å². The lowest BCUT2D eigenvalue weighted by atomic mass is 9.97. The summed E-state index contributed by atoms with van der Waals surface area (Å²) in [5.41, 5.74) is 2.49. The molecule has 0 aliphatic carbocycles. The summed E-state index contributed by atoms with van der Waals surface area (Å²) in [4.78, 5) is 9.83. The Morgan fingerprint density at radius 2 is 2.09 bits per heavy atom. The molecule has 2 heterocycles. The molecular weight excluding hydrogens is 276 g/mol. The van der Waals surface area contributed by atoms with E-state index in [0.29, 0.717) is 19.1 Å². The molecule has 1 fully saturated rings. The van der Waals surface area contributed by atoms with Crippen LogP contribution in [0.3, 0.4) is 0 Å². The number of benzene rings is 1. The van der Waals surface area contributed by atoms with Crippen molar-refractivity contribution in [2.45, 2.75) is 25.9 Å². The van der Waals surface area contributed by atoms with E-state index in [1.54, 1.807) is 6.20 Å². The fourth-order valence-corrected chi connectivity index (χ4v) is 2.97. The van der Waals surface area contributed by atoms with E-state index in [1.165, 1.54) is 11.3 Å². The molecule has 0 spiro atoms. The van der Waals surface area contributed by atoms with E-state index in [-0.39, 0.29) is 0 Å². The topological polar surface area (TPSA) is 64.2 Å². The van der Waals surface area contributed by atoms with E-state index >= 15 is 0 Å². The summed E-state index contributed by atoms with van der Waals surface area (Å²) < 4.78 is 0. The van der Waals surface area contributed by atoms with E-state index in [1.807, 2.05) is 6.20 Å². The van der Waals surface area contributed by atoms with Gasteiger partial charge in [0.2, 0.25) is 0 Å². The largest absolute Gasteiger partial charge is 0.396 e. The van der Waals surface area contributed by atoms with Crippen molar-refractivity contribution in [2.75, 3.05) is 25.0 Å². The Labute approximate surface area is 131 Å². The van der Waals surface area contributed by atoms with Crippen LogP contribution in [-0.2, 0) is 13.1 Å². The standard InChI is InChI=1S/C17H24N4O/c22-13-14-5-9-21(10-6-14)12-15-3-1-2-4-16(15)20-11-17-18-7-8-19-17/h1-4,7-8,14,20,22H,5-6,9-13H2,(H,18,19). The van der Waals surface area contributed by atoms with Gasteiger partial charge in [0, 0.05) is 31.2 Å². The number of aliphatic hydroxyl groups is 1. The maximum atomic E-state index is 9.23. The summed E-state index contributed by atoms with van der Waals surface area (Å²) in [7, 11) is 0. The molecule has 1 aliphatic rings. The van der Waals surface area contributed by atoms with Gasteiger partial charge in [-0.15, -0.1) is 0 Å².